The van der Waals surface area contributed by atoms with Crippen LogP contribution in [-0.2, 0) is 0 Å². The summed E-state index contributed by atoms with van der Waals surface area (Å²) < 4.78 is 215. The Morgan fingerprint density at radius 2 is 1.04 bits per heavy atom. The van der Waals surface area contributed by atoms with Crippen molar-refractivity contribution in [2.45, 2.75) is 0 Å². The molecule has 4 nitrogen and oxygen atoms in total. The van der Waals surface area contributed by atoms with Crippen molar-refractivity contribution >= 4 is 64.2 Å². The molecule has 3 aromatic heterocycles. The Morgan fingerprint density at radius 3 is 1.88 bits per heavy atom. The number of rotatable bonds is 4. The van der Waals surface area contributed by atoms with Crippen LogP contribution in [0.2, 0.25) is 0 Å². The highest BCUT2D eigenvalue weighted by Crippen LogP contribution is 2.40. The molecule has 7 aromatic carbocycles. The Hall–Kier alpha value is -6.17. The van der Waals surface area contributed by atoms with Gasteiger partial charge in [0.2, 0.25) is 0 Å². The van der Waals surface area contributed by atoms with Crippen LogP contribution in [0.15, 0.2) is 156 Å². The minimum Gasteiger partial charge on any atom is -0.456 e. The van der Waals surface area contributed by atoms with Gasteiger partial charge in [0.1, 0.15) is 11.2 Å². The molecule has 0 saturated carbocycles. The number of hydrogen-bond donors (Lipinski definition) is 0. The fourth-order valence-electron chi connectivity index (χ4n) is 5.18. The van der Waals surface area contributed by atoms with Crippen molar-refractivity contribution in [2.24, 2.45) is 0 Å². The number of furan rings is 1. The van der Waals surface area contributed by atoms with Crippen molar-refractivity contribution < 1.29 is 37.3 Å². The molecule has 5 heteroatoms. The van der Waals surface area contributed by atoms with Crippen molar-refractivity contribution in [1.82, 2.24) is 15.0 Å². The summed E-state index contributed by atoms with van der Waals surface area (Å²) in [5, 5.41) is -1.66. The Balaban J connectivity index is 1.29. The molecule has 0 spiro atoms. The van der Waals surface area contributed by atoms with E-state index in [2.05, 4.69) is 15.0 Å². The molecule has 48 heavy (non-hydrogen) atoms. The Labute approximate surface area is 313 Å². The van der Waals surface area contributed by atoms with Gasteiger partial charge >= 0.3 is 0 Å². The molecule has 0 N–H and O–H groups in total. The first-order valence-electron chi connectivity index (χ1n) is 26.0. The molecule has 0 fully saturated rings. The minimum atomic E-state index is -0.826. The van der Waals surface area contributed by atoms with Crippen LogP contribution < -0.4 is 0 Å². The maximum Gasteiger partial charge on any atom is 0.164 e. The Kier molecular flexibility index (Phi) is 2.77. The summed E-state index contributed by atoms with van der Waals surface area (Å²) in [5.41, 5.74) is -3.36. The normalized spacial score (nSPS) is 18.8. The number of benzene rings is 7. The molecule has 0 radical (unpaired) electrons. The summed E-state index contributed by atoms with van der Waals surface area (Å²) in [6.45, 7) is 0. The van der Waals surface area contributed by atoms with Gasteiger partial charge in [-0.15, -0.1) is 11.3 Å². The second-order valence-electron chi connectivity index (χ2n) is 10.2. The van der Waals surface area contributed by atoms with Gasteiger partial charge in [-0.05, 0) is 52.1 Å². The van der Waals surface area contributed by atoms with Crippen molar-refractivity contribution in [2.75, 3.05) is 0 Å². The summed E-state index contributed by atoms with van der Waals surface area (Å²) >= 11 is 0.677. The van der Waals surface area contributed by atoms with Gasteiger partial charge in [0, 0.05) is 47.6 Å². The molecule has 10 aromatic rings. The van der Waals surface area contributed by atoms with Crippen LogP contribution in [0.5, 0.6) is 0 Å². The van der Waals surface area contributed by atoms with Crippen molar-refractivity contribution in [3.63, 3.8) is 0 Å². The maximum atomic E-state index is 9.57. The van der Waals surface area contributed by atoms with E-state index in [1.807, 2.05) is 0 Å². The number of aromatic nitrogens is 3. The first-order chi connectivity index (χ1) is 33.8. The third-order valence-corrected chi connectivity index (χ3v) is 8.36. The van der Waals surface area contributed by atoms with Crippen LogP contribution in [0.25, 0.3) is 98.2 Å². The van der Waals surface area contributed by atoms with Gasteiger partial charge in [0.25, 0.3) is 0 Å². The fourth-order valence-corrected chi connectivity index (χ4v) is 6.22. The molecule has 0 unspecified atom stereocenters. The molecule has 0 atom stereocenters. The SMILES string of the molecule is [2H]c1c([2H])c([2H])c(-c2nc(-c3c([2H])c([2H])c4c(oc5c([2H])c([2H])c([2H])c([2H])c54)c3[2H])nc(-c3c([2H])c([2H])c4c(sc5c([2H])c(-c6c([2H])c([2H])c([2H])c7c([2H])c([2H])c([2H])c([2H])c67)cc([2H])c54)c3[2H])n2)c([2H])c1[2H]. The van der Waals surface area contributed by atoms with E-state index in [0.717, 1.165) is 6.07 Å². The zero-order valence-corrected chi connectivity index (χ0v) is 24.6. The average molecular weight is 656 g/mol. The molecule has 0 bridgehead atoms. The smallest absolute Gasteiger partial charge is 0.164 e. The molecule has 0 saturated heterocycles. The maximum absolute atomic E-state index is 9.57. The lowest BCUT2D eigenvalue weighted by Gasteiger charge is -2.08. The van der Waals surface area contributed by atoms with Crippen molar-refractivity contribution in [3.05, 3.63) is 151 Å². The molecular formula is C43H25N3OS. The van der Waals surface area contributed by atoms with Crippen LogP contribution in [0, 0.1) is 0 Å². The predicted molar refractivity (Wildman–Crippen MR) is 199 cm³/mol. The highest BCUT2D eigenvalue weighted by Gasteiger charge is 2.16. The second-order valence-corrected chi connectivity index (χ2v) is 11.2. The van der Waals surface area contributed by atoms with E-state index in [9.17, 15) is 8.22 Å². The standard InChI is InChI=1S/C43H25N3OS/c1-2-10-27(11-3-1)41-44-42(29-18-20-34-33-14-6-7-16-37(33)47-38(34)23-29)46-43(45-41)30-19-22-36-35-21-17-28(24-39(35)48-40(36)25-30)32-15-8-12-26-9-4-5-13-31(26)32/h1-25H/i1D,2D,3D,4D,5D,6D,7D,8D,9D,10D,11D,12D,13D,14D,15D,16D,18D,19D,20D,21D,22D,23D,24D,25D. The molecule has 0 aliphatic rings. The van der Waals surface area contributed by atoms with E-state index in [4.69, 9.17) is 29.1 Å². The number of hydrogen-bond acceptors (Lipinski definition) is 5. The van der Waals surface area contributed by atoms with Gasteiger partial charge in [-0.3, -0.25) is 0 Å². The Bertz CT molecular complexity index is 4190. The highest BCUT2D eigenvalue weighted by atomic mass is 32.1. The lowest BCUT2D eigenvalue weighted by molar-refractivity contribution is 0.669. The van der Waals surface area contributed by atoms with Gasteiger partial charge in [0.05, 0.1) is 32.9 Å². The van der Waals surface area contributed by atoms with E-state index in [-0.39, 0.29) is 47.5 Å². The highest BCUT2D eigenvalue weighted by molar-refractivity contribution is 7.25. The van der Waals surface area contributed by atoms with E-state index >= 15 is 0 Å². The molecule has 224 valence electrons. The number of para-hydroxylation sites is 1. The lowest BCUT2D eigenvalue weighted by Crippen LogP contribution is -2.00. The summed E-state index contributed by atoms with van der Waals surface area (Å²) in [5.74, 6) is -2.10. The third kappa shape index (κ3) is 4.40. The first-order valence-corrected chi connectivity index (χ1v) is 14.8. The minimum absolute atomic E-state index is 0.0985. The number of fused-ring (bicyclic) bond motifs is 7. The van der Waals surface area contributed by atoms with E-state index in [0.29, 0.717) is 11.3 Å². The summed E-state index contributed by atoms with van der Waals surface area (Å²) in [4.78, 5) is 13.1. The second kappa shape index (κ2) is 10.7. The van der Waals surface area contributed by atoms with Gasteiger partial charge in [-0.2, -0.15) is 0 Å². The average Bonchev–Trinajstić information content (AvgIpc) is 3.97. The van der Waals surface area contributed by atoms with Gasteiger partial charge in [0.15, 0.2) is 17.5 Å². The van der Waals surface area contributed by atoms with E-state index < -0.39 is 196 Å². The molecular weight excluding hydrogens is 607 g/mol. The van der Waals surface area contributed by atoms with Gasteiger partial charge < -0.3 is 4.42 Å². The fraction of sp³-hybridized carbons (Fsp3) is 0. The summed E-state index contributed by atoms with van der Waals surface area (Å²) in [7, 11) is 0. The van der Waals surface area contributed by atoms with Crippen LogP contribution in [0.1, 0.15) is 32.9 Å². The van der Waals surface area contributed by atoms with Crippen LogP contribution in [-0.4, -0.2) is 15.0 Å². The molecule has 0 aliphatic carbocycles. The van der Waals surface area contributed by atoms with E-state index in [1.165, 1.54) is 0 Å². The zero-order chi connectivity index (χ0) is 52.5. The monoisotopic (exact) mass is 655 g/mol. The molecule has 10 rings (SSSR count). The molecule has 0 amide bonds. The summed E-state index contributed by atoms with van der Waals surface area (Å²) in [6.07, 6.45) is 0. The van der Waals surface area contributed by atoms with E-state index in [1.54, 1.807) is 0 Å². The summed E-state index contributed by atoms with van der Waals surface area (Å²) in [6, 6.07) is -15.7. The Morgan fingerprint density at radius 1 is 0.438 bits per heavy atom. The third-order valence-electron chi connectivity index (χ3n) is 7.34. The van der Waals surface area contributed by atoms with Gasteiger partial charge in [-0.1, -0.05) is 121 Å². The van der Waals surface area contributed by atoms with Crippen molar-refractivity contribution in [3.8, 4) is 45.3 Å². The zero-order valence-electron chi connectivity index (χ0n) is 47.7. The first kappa shape index (κ1) is 12.5. The van der Waals surface area contributed by atoms with Crippen LogP contribution in [0.3, 0.4) is 0 Å². The van der Waals surface area contributed by atoms with Crippen molar-refractivity contribution in [1.29, 1.82) is 0 Å². The predicted octanol–water partition coefficient (Wildman–Crippen LogP) is 12.0. The number of nitrogens with zero attached hydrogens (tertiary/aromatic N) is 3. The quantitative estimate of drug-likeness (QED) is 0.189. The topological polar surface area (TPSA) is 51.8 Å². The van der Waals surface area contributed by atoms with Gasteiger partial charge in [-0.25, -0.2) is 15.0 Å². The lowest BCUT2D eigenvalue weighted by atomic mass is 9.97. The van der Waals surface area contributed by atoms with Crippen LogP contribution in [0.4, 0.5) is 0 Å². The largest absolute Gasteiger partial charge is 0.456 e. The molecule has 3 heterocycles. The molecule has 0 aliphatic heterocycles. The number of thiophene rings is 1. The van der Waals surface area contributed by atoms with Crippen LogP contribution >= 0.6 is 11.3 Å².